The van der Waals surface area contributed by atoms with Gasteiger partial charge >= 0.3 is 0 Å². The van der Waals surface area contributed by atoms with Gasteiger partial charge in [0.25, 0.3) is 5.56 Å². The lowest BCUT2D eigenvalue weighted by molar-refractivity contribution is -0.134. The van der Waals surface area contributed by atoms with Crippen molar-refractivity contribution in [1.29, 1.82) is 0 Å². The largest absolute Gasteiger partial charge is 0.347 e. The fraction of sp³-hybridized carbons (Fsp3) is 0.182. The molecule has 0 radical (unpaired) electrons. The highest BCUT2D eigenvalue weighted by Gasteiger charge is 2.33. The SMILES string of the molecule is O=C(Cn1cnc2ccccc2c1=O)N1CCn2cccc2[C@H]1c1ccccn1. The highest BCUT2D eigenvalue weighted by molar-refractivity contribution is 5.79. The molecule has 7 heteroatoms. The Balaban J connectivity index is 1.50. The summed E-state index contributed by atoms with van der Waals surface area (Å²) >= 11 is 0. The molecule has 7 nitrogen and oxygen atoms in total. The molecule has 0 spiro atoms. The monoisotopic (exact) mass is 385 g/mol. The van der Waals surface area contributed by atoms with E-state index in [2.05, 4.69) is 14.5 Å². The summed E-state index contributed by atoms with van der Waals surface area (Å²) in [6.07, 6.45) is 5.20. The van der Waals surface area contributed by atoms with Gasteiger partial charge < -0.3 is 9.47 Å². The Bertz CT molecular complexity index is 1240. The zero-order chi connectivity index (χ0) is 19.8. The van der Waals surface area contributed by atoms with Crippen LogP contribution in [0.3, 0.4) is 0 Å². The average Bonchev–Trinajstić information content (AvgIpc) is 3.24. The summed E-state index contributed by atoms with van der Waals surface area (Å²) in [7, 11) is 0. The first-order valence-electron chi connectivity index (χ1n) is 9.52. The van der Waals surface area contributed by atoms with Crippen molar-refractivity contribution in [2.24, 2.45) is 0 Å². The molecule has 1 aliphatic rings. The number of pyridine rings is 1. The number of benzene rings is 1. The van der Waals surface area contributed by atoms with Crippen molar-refractivity contribution < 1.29 is 4.79 Å². The molecule has 0 saturated carbocycles. The third-order valence-electron chi connectivity index (χ3n) is 5.36. The van der Waals surface area contributed by atoms with Crippen LogP contribution in [-0.4, -0.2) is 36.5 Å². The zero-order valence-electron chi connectivity index (χ0n) is 15.7. The zero-order valence-corrected chi connectivity index (χ0v) is 15.7. The normalized spacial score (nSPS) is 16.0. The number of rotatable bonds is 3. The van der Waals surface area contributed by atoms with Crippen molar-refractivity contribution in [3.05, 3.63) is 95.1 Å². The Morgan fingerprint density at radius 1 is 1.00 bits per heavy atom. The molecule has 1 aromatic carbocycles. The molecule has 1 amide bonds. The van der Waals surface area contributed by atoms with Crippen molar-refractivity contribution in [2.45, 2.75) is 19.1 Å². The molecule has 1 atom stereocenters. The van der Waals surface area contributed by atoms with Crippen molar-refractivity contribution >= 4 is 16.8 Å². The maximum Gasteiger partial charge on any atom is 0.261 e. The quantitative estimate of drug-likeness (QED) is 0.542. The summed E-state index contributed by atoms with van der Waals surface area (Å²) in [5.74, 6) is -0.132. The molecule has 4 aromatic rings. The van der Waals surface area contributed by atoms with E-state index < -0.39 is 0 Å². The van der Waals surface area contributed by atoms with Crippen LogP contribution in [0.15, 0.2) is 78.1 Å². The van der Waals surface area contributed by atoms with Crippen LogP contribution in [0.2, 0.25) is 0 Å². The van der Waals surface area contributed by atoms with Gasteiger partial charge in [-0.3, -0.25) is 19.1 Å². The summed E-state index contributed by atoms with van der Waals surface area (Å²) < 4.78 is 3.53. The van der Waals surface area contributed by atoms with Crippen LogP contribution < -0.4 is 5.56 Å². The number of fused-ring (bicyclic) bond motifs is 2. The second-order valence-electron chi connectivity index (χ2n) is 7.07. The summed E-state index contributed by atoms with van der Waals surface area (Å²) in [6.45, 7) is 1.21. The molecule has 0 bridgehead atoms. The molecule has 0 unspecified atom stereocenters. The van der Waals surface area contributed by atoms with Gasteiger partial charge in [0.2, 0.25) is 5.91 Å². The molecule has 4 heterocycles. The first kappa shape index (κ1) is 17.4. The van der Waals surface area contributed by atoms with Crippen LogP contribution in [0, 0.1) is 0 Å². The molecule has 0 aliphatic carbocycles. The molecule has 0 fully saturated rings. The second kappa shape index (κ2) is 7.01. The first-order chi connectivity index (χ1) is 14.2. The summed E-state index contributed by atoms with van der Waals surface area (Å²) in [5, 5.41) is 0.511. The van der Waals surface area contributed by atoms with E-state index in [1.54, 1.807) is 29.3 Å². The Kier molecular flexibility index (Phi) is 4.20. The first-order valence-corrected chi connectivity index (χ1v) is 9.52. The minimum atomic E-state index is -0.281. The van der Waals surface area contributed by atoms with E-state index in [9.17, 15) is 9.59 Å². The number of nitrogens with zero attached hydrogens (tertiary/aromatic N) is 5. The number of para-hydroxylation sites is 1. The Hall–Kier alpha value is -3.74. The maximum absolute atomic E-state index is 13.3. The van der Waals surface area contributed by atoms with Crippen LogP contribution in [0.5, 0.6) is 0 Å². The average molecular weight is 385 g/mol. The van der Waals surface area contributed by atoms with Crippen LogP contribution in [0.4, 0.5) is 0 Å². The number of hydrogen-bond acceptors (Lipinski definition) is 4. The molecule has 1 aliphatic heterocycles. The van der Waals surface area contributed by atoms with Crippen molar-refractivity contribution in [3.63, 3.8) is 0 Å². The lowest BCUT2D eigenvalue weighted by atomic mass is 10.0. The number of carbonyl (C=O) groups excluding carboxylic acids is 1. The van der Waals surface area contributed by atoms with Gasteiger partial charge in [-0.25, -0.2) is 4.98 Å². The van der Waals surface area contributed by atoms with Gasteiger partial charge in [-0.1, -0.05) is 18.2 Å². The third-order valence-corrected chi connectivity index (χ3v) is 5.36. The Morgan fingerprint density at radius 2 is 1.86 bits per heavy atom. The molecule has 3 aromatic heterocycles. The van der Waals surface area contributed by atoms with Gasteiger partial charge in [0.15, 0.2) is 0 Å². The standard InChI is InChI=1S/C22H19N5O2/c28-20(14-26-15-24-17-7-2-1-6-16(17)22(26)29)27-13-12-25-11-5-9-19(25)21(27)18-8-3-4-10-23-18/h1-11,15,21H,12-14H2/t21-/m1/s1. The number of aromatic nitrogens is 4. The van der Waals surface area contributed by atoms with Crippen LogP contribution in [0.1, 0.15) is 17.4 Å². The Morgan fingerprint density at radius 3 is 2.72 bits per heavy atom. The molecular weight excluding hydrogens is 366 g/mol. The van der Waals surface area contributed by atoms with Gasteiger partial charge in [0.1, 0.15) is 12.6 Å². The summed E-state index contributed by atoms with van der Waals surface area (Å²) in [6, 6.07) is 16.6. The fourth-order valence-corrected chi connectivity index (χ4v) is 3.96. The van der Waals surface area contributed by atoms with Gasteiger partial charge in [-0.05, 0) is 36.4 Å². The summed E-state index contributed by atoms with van der Waals surface area (Å²) in [4.78, 5) is 36.7. The lowest BCUT2D eigenvalue weighted by Gasteiger charge is -2.36. The molecule has 0 saturated heterocycles. The highest BCUT2D eigenvalue weighted by atomic mass is 16.2. The van der Waals surface area contributed by atoms with Gasteiger partial charge in [-0.2, -0.15) is 0 Å². The van der Waals surface area contributed by atoms with Crippen molar-refractivity contribution in [2.75, 3.05) is 6.54 Å². The number of amides is 1. The lowest BCUT2D eigenvalue weighted by Crippen LogP contribution is -2.45. The van der Waals surface area contributed by atoms with Crippen molar-refractivity contribution in [3.8, 4) is 0 Å². The topological polar surface area (TPSA) is 73.0 Å². The maximum atomic E-state index is 13.3. The molecule has 29 heavy (non-hydrogen) atoms. The summed E-state index contributed by atoms with van der Waals surface area (Å²) in [5.41, 5.74) is 2.25. The minimum absolute atomic E-state index is 0.0549. The van der Waals surface area contributed by atoms with E-state index in [1.165, 1.54) is 10.9 Å². The van der Waals surface area contributed by atoms with Crippen LogP contribution in [-0.2, 0) is 17.9 Å². The van der Waals surface area contributed by atoms with Crippen LogP contribution >= 0.6 is 0 Å². The molecule has 5 rings (SSSR count). The van der Waals surface area contributed by atoms with E-state index >= 15 is 0 Å². The molecule has 0 N–H and O–H groups in total. The van der Waals surface area contributed by atoms with Gasteiger partial charge in [0.05, 0.1) is 22.9 Å². The fourth-order valence-electron chi connectivity index (χ4n) is 3.96. The third kappa shape index (κ3) is 3.00. The van der Waals surface area contributed by atoms with E-state index in [0.29, 0.717) is 24.0 Å². The smallest absolute Gasteiger partial charge is 0.261 e. The van der Waals surface area contributed by atoms with E-state index in [4.69, 9.17) is 0 Å². The van der Waals surface area contributed by atoms with Gasteiger partial charge in [-0.15, -0.1) is 0 Å². The highest BCUT2D eigenvalue weighted by Crippen LogP contribution is 2.31. The molecular formula is C22H19N5O2. The number of carbonyl (C=O) groups is 1. The van der Waals surface area contributed by atoms with E-state index in [-0.39, 0.29) is 24.1 Å². The number of hydrogen-bond donors (Lipinski definition) is 0. The predicted molar refractivity (Wildman–Crippen MR) is 108 cm³/mol. The minimum Gasteiger partial charge on any atom is -0.347 e. The van der Waals surface area contributed by atoms with E-state index in [1.807, 2.05) is 42.6 Å². The van der Waals surface area contributed by atoms with E-state index in [0.717, 1.165) is 11.4 Å². The van der Waals surface area contributed by atoms with Gasteiger partial charge in [0, 0.05) is 31.2 Å². The van der Waals surface area contributed by atoms with Crippen molar-refractivity contribution in [1.82, 2.24) is 24.0 Å². The Labute approximate surface area is 166 Å². The predicted octanol–water partition coefficient (Wildman–Crippen LogP) is 2.22. The molecule has 144 valence electrons. The van der Waals surface area contributed by atoms with Crippen LogP contribution in [0.25, 0.3) is 10.9 Å². The second-order valence-corrected chi connectivity index (χ2v) is 7.07.